The first-order valence-electron chi connectivity index (χ1n) is 7.65. The summed E-state index contributed by atoms with van der Waals surface area (Å²) in [5, 5.41) is 11.8. The number of rotatable bonds is 6. The standard InChI is InChI=1S/C15H27NO3/c1-2-8-13(11-14(17)18)16-15(19)12-9-6-4-3-5-7-10-12/h12-13H,2-11H2,1H3,(H,16,19)(H,17,18). The Balaban J connectivity index is 2.46. The van der Waals surface area contributed by atoms with Gasteiger partial charge in [-0.15, -0.1) is 0 Å². The van der Waals surface area contributed by atoms with Crippen LogP contribution in [0.2, 0.25) is 0 Å². The molecule has 0 aromatic heterocycles. The van der Waals surface area contributed by atoms with Crippen LogP contribution in [-0.4, -0.2) is 23.0 Å². The highest BCUT2D eigenvalue weighted by Gasteiger charge is 2.22. The lowest BCUT2D eigenvalue weighted by Crippen LogP contribution is -2.40. The molecule has 1 amide bonds. The van der Waals surface area contributed by atoms with Crippen LogP contribution < -0.4 is 5.32 Å². The van der Waals surface area contributed by atoms with E-state index in [1.54, 1.807) is 0 Å². The first-order valence-corrected chi connectivity index (χ1v) is 7.65. The Hall–Kier alpha value is -1.06. The Morgan fingerprint density at radius 2 is 1.74 bits per heavy atom. The lowest BCUT2D eigenvalue weighted by Gasteiger charge is -2.23. The molecule has 1 rings (SSSR count). The molecule has 0 spiro atoms. The van der Waals surface area contributed by atoms with Gasteiger partial charge >= 0.3 is 5.97 Å². The number of carbonyl (C=O) groups is 2. The van der Waals surface area contributed by atoms with Crippen LogP contribution in [0.1, 0.15) is 71.1 Å². The summed E-state index contributed by atoms with van der Waals surface area (Å²) in [5.74, 6) is -0.675. The summed E-state index contributed by atoms with van der Waals surface area (Å²) in [4.78, 5) is 23.0. The Morgan fingerprint density at radius 1 is 1.16 bits per heavy atom. The third-order valence-electron chi connectivity index (χ3n) is 3.88. The Morgan fingerprint density at radius 3 is 2.26 bits per heavy atom. The van der Waals surface area contributed by atoms with Crippen molar-refractivity contribution >= 4 is 11.9 Å². The monoisotopic (exact) mass is 269 g/mol. The highest BCUT2D eigenvalue weighted by Crippen LogP contribution is 2.22. The van der Waals surface area contributed by atoms with Crippen molar-refractivity contribution in [2.24, 2.45) is 5.92 Å². The fourth-order valence-corrected chi connectivity index (χ4v) is 2.82. The molecule has 1 unspecified atom stereocenters. The first-order chi connectivity index (χ1) is 9.13. The summed E-state index contributed by atoms with van der Waals surface area (Å²) in [5.41, 5.74) is 0. The molecular formula is C15H27NO3. The van der Waals surface area contributed by atoms with Gasteiger partial charge in [0.2, 0.25) is 5.91 Å². The van der Waals surface area contributed by atoms with Crippen molar-refractivity contribution in [2.45, 2.75) is 77.2 Å². The van der Waals surface area contributed by atoms with E-state index in [1.807, 2.05) is 6.92 Å². The van der Waals surface area contributed by atoms with Crippen LogP contribution in [0.15, 0.2) is 0 Å². The van der Waals surface area contributed by atoms with Gasteiger partial charge in [-0.05, 0) is 19.3 Å². The minimum atomic E-state index is -0.837. The first kappa shape index (κ1) is 16.0. The van der Waals surface area contributed by atoms with Crippen molar-refractivity contribution in [1.82, 2.24) is 5.32 Å². The van der Waals surface area contributed by atoms with Crippen molar-refractivity contribution in [3.05, 3.63) is 0 Å². The lowest BCUT2D eigenvalue weighted by atomic mass is 9.90. The van der Waals surface area contributed by atoms with Gasteiger partial charge in [-0.2, -0.15) is 0 Å². The number of carboxylic acid groups (broad SMARTS) is 1. The van der Waals surface area contributed by atoms with E-state index in [-0.39, 0.29) is 24.3 Å². The van der Waals surface area contributed by atoms with E-state index in [9.17, 15) is 9.59 Å². The Bertz CT molecular complexity index is 283. The van der Waals surface area contributed by atoms with Crippen LogP contribution in [-0.2, 0) is 9.59 Å². The van der Waals surface area contributed by atoms with Crippen molar-refractivity contribution in [2.75, 3.05) is 0 Å². The van der Waals surface area contributed by atoms with Gasteiger partial charge in [0, 0.05) is 12.0 Å². The van der Waals surface area contributed by atoms with Crippen LogP contribution >= 0.6 is 0 Å². The third kappa shape index (κ3) is 6.60. The summed E-state index contributed by atoms with van der Waals surface area (Å²) in [6.45, 7) is 2.01. The zero-order valence-electron chi connectivity index (χ0n) is 12.0. The molecule has 0 bridgehead atoms. The minimum Gasteiger partial charge on any atom is -0.481 e. The molecule has 110 valence electrons. The van der Waals surface area contributed by atoms with E-state index < -0.39 is 5.97 Å². The molecule has 0 aromatic rings. The Labute approximate surface area is 116 Å². The second kappa shape index (κ2) is 8.94. The van der Waals surface area contributed by atoms with Crippen LogP contribution in [0.5, 0.6) is 0 Å². The van der Waals surface area contributed by atoms with Crippen LogP contribution in [0.3, 0.4) is 0 Å². The lowest BCUT2D eigenvalue weighted by molar-refractivity contribution is -0.138. The molecule has 2 N–H and O–H groups in total. The van der Waals surface area contributed by atoms with E-state index in [1.165, 1.54) is 19.3 Å². The summed E-state index contributed by atoms with van der Waals surface area (Å²) >= 11 is 0. The normalized spacial score (nSPS) is 19.2. The molecule has 1 aliphatic carbocycles. The average molecular weight is 269 g/mol. The number of hydrogen-bond donors (Lipinski definition) is 2. The summed E-state index contributed by atoms with van der Waals surface area (Å²) < 4.78 is 0. The fourth-order valence-electron chi connectivity index (χ4n) is 2.82. The van der Waals surface area contributed by atoms with Crippen LogP contribution in [0.4, 0.5) is 0 Å². The zero-order valence-corrected chi connectivity index (χ0v) is 12.0. The van der Waals surface area contributed by atoms with Gasteiger partial charge < -0.3 is 10.4 Å². The predicted molar refractivity (Wildman–Crippen MR) is 74.9 cm³/mol. The number of nitrogens with one attached hydrogen (secondary N) is 1. The minimum absolute atomic E-state index is 0.0340. The van der Waals surface area contributed by atoms with Gasteiger partial charge in [-0.1, -0.05) is 45.4 Å². The van der Waals surface area contributed by atoms with Crippen LogP contribution in [0.25, 0.3) is 0 Å². The summed E-state index contributed by atoms with van der Waals surface area (Å²) in [6, 6.07) is -0.208. The van der Waals surface area contributed by atoms with E-state index in [4.69, 9.17) is 5.11 Å². The molecule has 1 atom stereocenters. The molecule has 1 fully saturated rings. The van der Waals surface area contributed by atoms with Crippen molar-refractivity contribution in [1.29, 1.82) is 0 Å². The van der Waals surface area contributed by atoms with Gasteiger partial charge in [0.1, 0.15) is 0 Å². The molecule has 4 nitrogen and oxygen atoms in total. The zero-order chi connectivity index (χ0) is 14.1. The van der Waals surface area contributed by atoms with Gasteiger partial charge in [0.05, 0.1) is 6.42 Å². The number of carbonyl (C=O) groups excluding carboxylic acids is 1. The quantitative estimate of drug-likeness (QED) is 0.778. The van der Waals surface area contributed by atoms with Gasteiger partial charge in [0.25, 0.3) is 0 Å². The second-order valence-corrected chi connectivity index (χ2v) is 5.63. The molecule has 4 heteroatoms. The second-order valence-electron chi connectivity index (χ2n) is 5.63. The van der Waals surface area contributed by atoms with E-state index in [0.29, 0.717) is 0 Å². The maximum absolute atomic E-state index is 12.2. The summed E-state index contributed by atoms with van der Waals surface area (Å²) in [7, 11) is 0. The molecule has 1 aliphatic rings. The number of carboxylic acids is 1. The van der Waals surface area contributed by atoms with Crippen LogP contribution in [0, 0.1) is 5.92 Å². The fraction of sp³-hybridized carbons (Fsp3) is 0.867. The smallest absolute Gasteiger partial charge is 0.305 e. The van der Waals surface area contributed by atoms with Gasteiger partial charge in [-0.25, -0.2) is 0 Å². The summed E-state index contributed by atoms with van der Waals surface area (Å²) in [6.07, 6.45) is 9.54. The molecule has 0 saturated heterocycles. The molecule has 0 aromatic carbocycles. The third-order valence-corrected chi connectivity index (χ3v) is 3.88. The van der Waals surface area contributed by atoms with E-state index >= 15 is 0 Å². The highest BCUT2D eigenvalue weighted by atomic mass is 16.4. The van der Waals surface area contributed by atoms with Crippen molar-refractivity contribution < 1.29 is 14.7 Å². The van der Waals surface area contributed by atoms with Gasteiger partial charge in [-0.3, -0.25) is 9.59 Å². The average Bonchev–Trinajstić information content (AvgIpc) is 2.27. The molecule has 0 heterocycles. The van der Waals surface area contributed by atoms with Crippen molar-refractivity contribution in [3.8, 4) is 0 Å². The molecule has 0 aliphatic heterocycles. The number of hydrogen-bond acceptors (Lipinski definition) is 2. The maximum Gasteiger partial charge on any atom is 0.305 e. The van der Waals surface area contributed by atoms with E-state index in [0.717, 1.165) is 38.5 Å². The predicted octanol–water partition coefficient (Wildman–Crippen LogP) is 3.11. The molecule has 0 radical (unpaired) electrons. The topological polar surface area (TPSA) is 66.4 Å². The maximum atomic E-state index is 12.2. The highest BCUT2D eigenvalue weighted by molar-refractivity contribution is 5.79. The van der Waals surface area contributed by atoms with E-state index in [2.05, 4.69) is 5.32 Å². The largest absolute Gasteiger partial charge is 0.481 e. The van der Waals surface area contributed by atoms with Gasteiger partial charge in [0.15, 0.2) is 0 Å². The molecule has 1 saturated carbocycles. The molecular weight excluding hydrogens is 242 g/mol. The van der Waals surface area contributed by atoms with Crippen molar-refractivity contribution in [3.63, 3.8) is 0 Å². The molecule has 19 heavy (non-hydrogen) atoms. The number of aliphatic carboxylic acids is 1. The SMILES string of the molecule is CCCC(CC(=O)O)NC(=O)C1CCCCCCC1. The Kier molecular flexibility index (Phi) is 7.53. The number of amides is 1.